The van der Waals surface area contributed by atoms with E-state index in [4.69, 9.17) is 0 Å². The van der Waals surface area contributed by atoms with Gasteiger partial charge in [-0.1, -0.05) is 53.4 Å². The van der Waals surface area contributed by atoms with Crippen LogP contribution >= 0.6 is 0 Å². The van der Waals surface area contributed by atoms with Crippen molar-refractivity contribution in [1.82, 2.24) is 25.5 Å². The summed E-state index contributed by atoms with van der Waals surface area (Å²) in [4.78, 5) is 61.8. The second-order valence-electron chi connectivity index (χ2n) is 11.5. The van der Waals surface area contributed by atoms with Crippen LogP contribution < -0.4 is 10.6 Å². The number of carboxylic acids is 1. The average Bonchev–Trinajstić information content (AvgIpc) is 3.30. The predicted molar refractivity (Wildman–Crippen MR) is 137 cm³/mol. The van der Waals surface area contributed by atoms with Gasteiger partial charge < -0.3 is 20.6 Å². The third-order valence-corrected chi connectivity index (χ3v) is 7.54. The molecule has 1 saturated heterocycles. The van der Waals surface area contributed by atoms with Crippen molar-refractivity contribution in [3.05, 3.63) is 24.3 Å². The van der Waals surface area contributed by atoms with E-state index in [1.54, 1.807) is 0 Å². The zero-order chi connectivity index (χ0) is 27.2. The lowest BCUT2D eigenvalue weighted by Crippen LogP contribution is -2.61. The second kappa shape index (κ2) is 12.5. The Kier molecular flexibility index (Phi) is 9.62. The molecule has 2 heterocycles. The van der Waals surface area contributed by atoms with Crippen LogP contribution in [-0.4, -0.2) is 68.3 Å². The Balaban J connectivity index is 1.83. The van der Waals surface area contributed by atoms with Crippen LogP contribution in [0.4, 0.5) is 0 Å². The molecule has 3 N–H and O–H groups in total. The Morgan fingerprint density at radius 1 is 1.11 bits per heavy atom. The number of carbonyl (C=O) groups is 4. The molecule has 1 aromatic rings. The Morgan fingerprint density at radius 3 is 2.38 bits per heavy atom. The molecule has 0 radical (unpaired) electrons. The first-order chi connectivity index (χ1) is 17.5. The molecule has 10 heteroatoms. The molecule has 1 aliphatic heterocycles. The molecule has 0 bridgehead atoms. The predicted octanol–water partition coefficient (Wildman–Crippen LogP) is 2.79. The molecular formula is C27H41N5O5. The Morgan fingerprint density at radius 2 is 1.81 bits per heavy atom. The third kappa shape index (κ3) is 7.26. The number of amides is 3. The number of hydrogen-bond donors (Lipinski definition) is 3. The fraction of sp³-hybridized carbons (Fsp3) is 0.704. The second-order valence-corrected chi connectivity index (χ2v) is 11.5. The molecule has 2 aliphatic rings. The molecule has 4 atom stereocenters. The molecule has 37 heavy (non-hydrogen) atoms. The van der Waals surface area contributed by atoms with Crippen molar-refractivity contribution in [2.24, 2.45) is 17.3 Å². The van der Waals surface area contributed by atoms with Gasteiger partial charge in [0.05, 0.1) is 6.20 Å². The van der Waals surface area contributed by atoms with E-state index in [2.05, 4.69) is 20.6 Å². The van der Waals surface area contributed by atoms with E-state index in [1.807, 2.05) is 27.7 Å². The monoisotopic (exact) mass is 515 g/mol. The Labute approximate surface area is 219 Å². The van der Waals surface area contributed by atoms with Gasteiger partial charge in [0, 0.05) is 18.9 Å². The number of aliphatic carboxylic acids is 1. The molecule has 2 fully saturated rings. The summed E-state index contributed by atoms with van der Waals surface area (Å²) >= 11 is 0. The van der Waals surface area contributed by atoms with Gasteiger partial charge in [0.15, 0.2) is 0 Å². The SMILES string of the molecule is CCCC1CC(C(=O)O)N(C(=O)C(NC(=O)C(NC(=O)c2cnccn2)C2CCCCC2)C(C)(C)C)C1. The minimum atomic E-state index is -1.03. The van der Waals surface area contributed by atoms with Crippen LogP contribution in [-0.2, 0) is 14.4 Å². The topological polar surface area (TPSA) is 142 Å². The van der Waals surface area contributed by atoms with Gasteiger partial charge in [-0.3, -0.25) is 19.4 Å². The minimum absolute atomic E-state index is 0.0717. The van der Waals surface area contributed by atoms with Gasteiger partial charge in [0.25, 0.3) is 5.91 Å². The first-order valence-electron chi connectivity index (χ1n) is 13.4. The maximum Gasteiger partial charge on any atom is 0.326 e. The zero-order valence-corrected chi connectivity index (χ0v) is 22.4. The lowest BCUT2D eigenvalue weighted by molar-refractivity contribution is -0.151. The molecule has 4 unspecified atom stereocenters. The normalized spacial score (nSPS) is 22.2. The van der Waals surface area contributed by atoms with Gasteiger partial charge in [-0.25, -0.2) is 9.78 Å². The third-order valence-electron chi connectivity index (χ3n) is 7.54. The quantitative estimate of drug-likeness (QED) is 0.459. The lowest BCUT2D eigenvalue weighted by atomic mass is 9.82. The molecule has 0 aromatic carbocycles. The Hall–Kier alpha value is -3.04. The van der Waals surface area contributed by atoms with Crippen LogP contribution in [0.2, 0.25) is 0 Å². The van der Waals surface area contributed by atoms with Crippen molar-refractivity contribution >= 4 is 23.7 Å². The van der Waals surface area contributed by atoms with E-state index in [1.165, 1.54) is 23.5 Å². The van der Waals surface area contributed by atoms with Crippen LogP contribution in [0.3, 0.4) is 0 Å². The van der Waals surface area contributed by atoms with Crippen molar-refractivity contribution in [3.8, 4) is 0 Å². The zero-order valence-electron chi connectivity index (χ0n) is 22.4. The number of rotatable bonds is 9. The van der Waals surface area contributed by atoms with Crippen LogP contribution in [0.25, 0.3) is 0 Å². The van der Waals surface area contributed by atoms with Crippen molar-refractivity contribution < 1.29 is 24.3 Å². The van der Waals surface area contributed by atoms with E-state index in [-0.39, 0.29) is 17.5 Å². The van der Waals surface area contributed by atoms with Crippen molar-refractivity contribution in [1.29, 1.82) is 0 Å². The number of likely N-dealkylation sites (tertiary alicyclic amines) is 1. The van der Waals surface area contributed by atoms with Crippen molar-refractivity contribution in [3.63, 3.8) is 0 Å². The molecule has 204 valence electrons. The van der Waals surface area contributed by atoms with Crippen LogP contribution in [0, 0.1) is 17.3 Å². The fourth-order valence-electron chi connectivity index (χ4n) is 5.56. The largest absolute Gasteiger partial charge is 0.480 e. The Bertz CT molecular complexity index is 958. The molecule has 1 aliphatic carbocycles. The van der Waals surface area contributed by atoms with E-state index in [0.29, 0.717) is 13.0 Å². The van der Waals surface area contributed by atoms with E-state index < -0.39 is 47.2 Å². The van der Waals surface area contributed by atoms with Gasteiger partial charge in [0.1, 0.15) is 23.8 Å². The van der Waals surface area contributed by atoms with Gasteiger partial charge in [0.2, 0.25) is 11.8 Å². The first-order valence-corrected chi connectivity index (χ1v) is 13.4. The molecule has 3 rings (SSSR count). The molecule has 10 nitrogen and oxygen atoms in total. The van der Waals surface area contributed by atoms with Crippen LogP contribution in [0.1, 0.15) is 89.5 Å². The van der Waals surface area contributed by atoms with Gasteiger partial charge >= 0.3 is 5.97 Å². The summed E-state index contributed by atoms with van der Waals surface area (Å²) in [5, 5.41) is 15.6. The van der Waals surface area contributed by atoms with E-state index >= 15 is 0 Å². The fourth-order valence-corrected chi connectivity index (χ4v) is 5.56. The highest BCUT2D eigenvalue weighted by Crippen LogP contribution is 2.31. The maximum absolute atomic E-state index is 13.8. The van der Waals surface area contributed by atoms with Gasteiger partial charge in [-0.15, -0.1) is 0 Å². The molecule has 0 spiro atoms. The average molecular weight is 516 g/mol. The van der Waals surface area contributed by atoms with E-state index in [9.17, 15) is 24.3 Å². The number of hydrogen-bond acceptors (Lipinski definition) is 6. The number of carbonyl (C=O) groups excluding carboxylic acids is 3. The van der Waals surface area contributed by atoms with Crippen LogP contribution in [0.15, 0.2) is 18.6 Å². The summed E-state index contributed by atoms with van der Waals surface area (Å²) in [6.45, 7) is 7.94. The number of nitrogens with zero attached hydrogens (tertiary/aromatic N) is 3. The van der Waals surface area contributed by atoms with Gasteiger partial charge in [-0.2, -0.15) is 0 Å². The minimum Gasteiger partial charge on any atom is -0.480 e. The smallest absolute Gasteiger partial charge is 0.326 e. The molecule has 1 aromatic heterocycles. The summed E-state index contributed by atoms with van der Waals surface area (Å²) in [7, 11) is 0. The summed E-state index contributed by atoms with van der Waals surface area (Å²) in [5.74, 6) is -2.30. The first kappa shape index (κ1) is 28.5. The maximum atomic E-state index is 13.8. The molecule has 3 amide bonds. The highest BCUT2D eigenvalue weighted by Gasteiger charge is 2.45. The van der Waals surface area contributed by atoms with E-state index in [0.717, 1.165) is 44.9 Å². The lowest BCUT2D eigenvalue weighted by Gasteiger charge is -2.37. The summed E-state index contributed by atoms with van der Waals surface area (Å²) in [6.07, 6.45) is 11.0. The number of carboxylic acid groups (broad SMARTS) is 1. The van der Waals surface area contributed by atoms with Crippen molar-refractivity contribution in [2.45, 2.75) is 97.2 Å². The number of nitrogens with one attached hydrogen (secondary N) is 2. The highest BCUT2D eigenvalue weighted by molar-refractivity contribution is 5.97. The number of aromatic nitrogens is 2. The molecular weight excluding hydrogens is 474 g/mol. The standard InChI is InChI=1S/C27H41N5O5/c1-5-9-17-14-20(26(36)37)32(16-17)25(35)22(27(2,3)4)31-24(34)21(18-10-7-6-8-11-18)30-23(33)19-15-28-12-13-29-19/h12-13,15,17-18,20-22H,5-11,14,16H2,1-4H3,(H,30,33)(H,31,34)(H,36,37). The van der Waals surface area contributed by atoms with Crippen LogP contribution in [0.5, 0.6) is 0 Å². The summed E-state index contributed by atoms with van der Waals surface area (Å²) < 4.78 is 0. The summed E-state index contributed by atoms with van der Waals surface area (Å²) in [6, 6.07) is -2.69. The highest BCUT2D eigenvalue weighted by atomic mass is 16.4. The van der Waals surface area contributed by atoms with Crippen molar-refractivity contribution in [2.75, 3.05) is 6.54 Å². The molecule has 1 saturated carbocycles. The summed E-state index contributed by atoms with van der Waals surface area (Å²) in [5.41, 5.74) is -0.562. The van der Waals surface area contributed by atoms with Gasteiger partial charge in [-0.05, 0) is 42.9 Å².